The highest BCUT2D eigenvalue weighted by atomic mass is 16.5. The number of nitrogens with zero attached hydrogens (tertiary/aromatic N) is 5. The Morgan fingerprint density at radius 3 is 2.44 bits per heavy atom. The van der Waals surface area contributed by atoms with Gasteiger partial charge in [0.2, 0.25) is 5.88 Å². The maximum Gasteiger partial charge on any atom is 0.332 e. The summed E-state index contributed by atoms with van der Waals surface area (Å²) in [5.41, 5.74) is 2.42. The van der Waals surface area contributed by atoms with Crippen LogP contribution in [0.15, 0.2) is 52.1 Å². The molecule has 188 valence electrons. The average molecular weight is 490 g/mol. The molecule has 1 aliphatic carbocycles. The molecule has 0 saturated heterocycles. The van der Waals surface area contributed by atoms with E-state index in [9.17, 15) is 14.7 Å². The summed E-state index contributed by atoms with van der Waals surface area (Å²) in [4.78, 5) is 36.3. The quantitative estimate of drug-likeness (QED) is 0.387. The van der Waals surface area contributed by atoms with Gasteiger partial charge in [-0.05, 0) is 51.2 Å². The molecule has 0 atom stereocenters. The molecule has 9 heteroatoms. The maximum atomic E-state index is 13.7. The van der Waals surface area contributed by atoms with Crippen molar-refractivity contribution in [2.24, 2.45) is 0 Å². The first-order chi connectivity index (χ1) is 17.5. The summed E-state index contributed by atoms with van der Waals surface area (Å²) in [6.45, 7) is 4.57. The van der Waals surface area contributed by atoms with Crippen molar-refractivity contribution in [2.45, 2.75) is 65.3 Å². The molecule has 5 rings (SSSR count). The first kappa shape index (κ1) is 24.0. The Morgan fingerprint density at radius 2 is 1.81 bits per heavy atom. The number of hydrogen-bond donors (Lipinski definition) is 1. The monoisotopic (exact) mass is 489 g/mol. The van der Waals surface area contributed by atoms with Crippen LogP contribution in [0.25, 0.3) is 22.6 Å². The third-order valence-corrected chi connectivity index (χ3v) is 6.79. The molecule has 1 aliphatic rings. The van der Waals surface area contributed by atoms with Gasteiger partial charge in [0.1, 0.15) is 11.9 Å². The van der Waals surface area contributed by atoms with E-state index < -0.39 is 11.2 Å². The minimum Gasteiger partial charge on any atom is -0.474 e. The standard InChI is InChI=1S/C27H31N5O4/c1-3-30-25-23(26(34)31(27(30)35)15-8-16-33)32(17-19-9-5-4-6-10-19)24(29-25)21-13-14-22(28-18(21)2)36-20-11-7-12-20/h4-6,9-10,13-14,20,33H,3,7-8,11-12,15-17H2,1-2H3. The molecule has 9 nitrogen and oxygen atoms in total. The minimum atomic E-state index is -0.418. The van der Waals surface area contributed by atoms with Crippen molar-refractivity contribution >= 4 is 11.2 Å². The average Bonchev–Trinajstić information content (AvgIpc) is 3.21. The van der Waals surface area contributed by atoms with Gasteiger partial charge < -0.3 is 14.4 Å². The van der Waals surface area contributed by atoms with Gasteiger partial charge in [-0.15, -0.1) is 0 Å². The zero-order valence-corrected chi connectivity index (χ0v) is 20.7. The number of fused-ring (bicyclic) bond motifs is 1. The van der Waals surface area contributed by atoms with Crippen LogP contribution in [-0.4, -0.2) is 41.5 Å². The largest absolute Gasteiger partial charge is 0.474 e. The number of ether oxygens (including phenoxy) is 1. The van der Waals surface area contributed by atoms with Crippen molar-refractivity contribution in [3.8, 4) is 17.3 Å². The highest BCUT2D eigenvalue weighted by Crippen LogP contribution is 2.29. The van der Waals surface area contributed by atoms with Crippen LogP contribution >= 0.6 is 0 Å². The molecular weight excluding hydrogens is 458 g/mol. The van der Waals surface area contributed by atoms with Crippen LogP contribution in [0.2, 0.25) is 0 Å². The van der Waals surface area contributed by atoms with Crippen LogP contribution in [0.1, 0.15) is 43.9 Å². The number of aliphatic hydroxyl groups excluding tert-OH is 1. The smallest absolute Gasteiger partial charge is 0.332 e. The first-order valence-corrected chi connectivity index (χ1v) is 12.5. The van der Waals surface area contributed by atoms with E-state index in [-0.39, 0.29) is 19.3 Å². The summed E-state index contributed by atoms with van der Waals surface area (Å²) in [5.74, 6) is 1.16. The predicted octanol–water partition coefficient (Wildman–Crippen LogP) is 3.11. The molecule has 1 N–H and O–H groups in total. The number of aromatic nitrogens is 5. The van der Waals surface area contributed by atoms with Crippen molar-refractivity contribution in [2.75, 3.05) is 6.61 Å². The molecule has 4 aromatic rings. The lowest BCUT2D eigenvalue weighted by Crippen LogP contribution is -2.40. The Balaban J connectivity index is 1.72. The van der Waals surface area contributed by atoms with Gasteiger partial charge in [0, 0.05) is 37.9 Å². The highest BCUT2D eigenvalue weighted by Gasteiger charge is 2.24. The highest BCUT2D eigenvalue weighted by molar-refractivity contribution is 5.78. The number of rotatable bonds is 9. The van der Waals surface area contributed by atoms with Crippen LogP contribution < -0.4 is 16.0 Å². The normalized spacial score (nSPS) is 13.8. The van der Waals surface area contributed by atoms with E-state index in [1.165, 1.54) is 15.6 Å². The fourth-order valence-electron chi connectivity index (χ4n) is 4.63. The molecule has 1 saturated carbocycles. The molecule has 0 unspecified atom stereocenters. The maximum absolute atomic E-state index is 13.7. The molecule has 0 bridgehead atoms. The van der Waals surface area contributed by atoms with E-state index >= 15 is 0 Å². The number of imidazole rings is 1. The molecule has 0 spiro atoms. The van der Waals surface area contributed by atoms with Crippen LogP contribution in [0.5, 0.6) is 5.88 Å². The molecule has 1 fully saturated rings. The van der Waals surface area contributed by atoms with E-state index in [0.717, 1.165) is 29.7 Å². The number of aryl methyl sites for hydroxylation is 2. The zero-order valence-electron chi connectivity index (χ0n) is 20.7. The van der Waals surface area contributed by atoms with E-state index in [1.807, 2.05) is 60.9 Å². The molecule has 3 heterocycles. The first-order valence-electron chi connectivity index (χ1n) is 12.5. The SMILES string of the molecule is CCn1c(=O)n(CCCO)c(=O)c2c1nc(-c1ccc(OC3CCC3)nc1C)n2Cc1ccccc1. The fraction of sp³-hybridized carbons (Fsp3) is 0.407. The topological polar surface area (TPSA) is 104 Å². The van der Waals surface area contributed by atoms with Gasteiger partial charge in [0.25, 0.3) is 5.56 Å². The van der Waals surface area contributed by atoms with Crippen molar-refractivity contribution in [1.82, 2.24) is 23.7 Å². The summed E-state index contributed by atoms with van der Waals surface area (Å²) < 4.78 is 10.6. The Morgan fingerprint density at radius 1 is 1.03 bits per heavy atom. The van der Waals surface area contributed by atoms with E-state index in [1.54, 1.807) is 0 Å². The second kappa shape index (κ2) is 10.1. The molecule has 36 heavy (non-hydrogen) atoms. The van der Waals surface area contributed by atoms with E-state index in [2.05, 4.69) is 4.98 Å². The number of hydrogen-bond acceptors (Lipinski definition) is 6. The fourth-order valence-corrected chi connectivity index (χ4v) is 4.63. The summed E-state index contributed by atoms with van der Waals surface area (Å²) in [5, 5.41) is 9.32. The summed E-state index contributed by atoms with van der Waals surface area (Å²) in [6, 6.07) is 13.6. The lowest BCUT2D eigenvalue weighted by atomic mass is 9.96. The van der Waals surface area contributed by atoms with E-state index in [4.69, 9.17) is 9.72 Å². The van der Waals surface area contributed by atoms with Crippen molar-refractivity contribution in [3.63, 3.8) is 0 Å². The van der Waals surface area contributed by atoms with Crippen LogP contribution in [0.3, 0.4) is 0 Å². The molecule has 0 radical (unpaired) electrons. The van der Waals surface area contributed by atoms with Crippen molar-refractivity contribution in [3.05, 3.63) is 74.6 Å². The molecule has 3 aromatic heterocycles. The van der Waals surface area contributed by atoms with Gasteiger partial charge >= 0.3 is 5.69 Å². The van der Waals surface area contributed by atoms with Crippen molar-refractivity contribution in [1.29, 1.82) is 0 Å². The van der Waals surface area contributed by atoms with Gasteiger partial charge in [-0.2, -0.15) is 0 Å². The van der Waals surface area contributed by atoms with Gasteiger partial charge in [-0.25, -0.2) is 14.8 Å². The number of benzene rings is 1. The lowest BCUT2D eigenvalue weighted by Gasteiger charge is -2.25. The molecule has 0 aliphatic heterocycles. The third-order valence-electron chi connectivity index (χ3n) is 6.79. The van der Waals surface area contributed by atoms with E-state index in [0.29, 0.717) is 42.4 Å². The number of aliphatic hydroxyl groups is 1. The Hall–Kier alpha value is -3.72. The van der Waals surface area contributed by atoms with Gasteiger partial charge in [-0.1, -0.05) is 30.3 Å². The lowest BCUT2D eigenvalue weighted by molar-refractivity contribution is 0.114. The summed E-state index contributed by atoms with van der Waals surface area (Å²) >= 11 is 0. The van der Waals surface area contributed by atoms with Crippen LogP contribution in [0, 0.1) is 6.92 Å². The van der Waals surface area contributed by atoms with Crippen LogP contribution in [0.4, 0.5) is 0 Å². The minimum absolute atomic E-state index is 0.106. The molecule has 1 aromatic carbocycles. The summed E-state index contributed by atoms with van der Waals surface area (Å²) in [6.07, 6.45) is 3.82. The van der Waals surface area contributed by atoms with Gasteiger partial charge in [0.15, 0.2) is 11.2 Å². The Kier molecular flexibility index (Phi) is 6.73. The van der Waals surface area contributed by atoms with Crippen LogP contribution in [-0.2, 0) is 19.6 Å². The van der Waals surface area contributed by atoms with Crippen molar-refractivity contribution < 1.29 is 9.84 Å². The van der Waals surface area contributed by atoms with Gasteiger partial charge in [-0.3, -0.25) is 13.9 Å². The molecule has 0 amide bonds. The second-order valence-electron chi connectivity index (χ2n) is 9.19. The molecular formula is C27H31N5O4. The summed E-state index contributed by atoms with van der Waals surface area (Å²) in [7, 11) is 0. The third kappa shape index (κ3) is 4.35. The zero-order chi connectivity index (χ0) is 25.2. The number of pyridine rings is 1. The predicted molar refractivity (Wildman–Crippen MR) is 137 cm³/mol. The second-order valence-corrected chi connectivity index (χ2v) is 9.19. The van der Waals surface area contributed by atoms with Gasteiger partial charge in [0.05, 0.1) is 5.69 Å². The Bertz CT molecular complexity index is 1500. The Labute approximate surface area is 208 Å².